The molecule has 0 saturated heterocycles. The van der Waals surface area contributed by atoms with Gasteiger partial charge in [-0.25, -0.2) is 0 Å². The van der Waals surface area contributed by atoms with Gasteiger partial charge in [-0.05, 0) is 41.9 Å². The first-order valence-electron chi connectivity index (χ1n) is 7.81. The van der Waals surface area contributed by atoms with E-state index in [1.807, 2.05) is 0 Å². The van der Waals surface area contributed by atoms with E-state index >= 15 is 0 Å². The average Bonchev–Trinajstić information content (AvgIpc) is 2.39. The van der Waals surface area contributed by atoms with Crippen molar-refractivity contribution >= 4 is 0 Å². The van der Waals surface area contributed by atoms with Crippen LogP contribution in [-0.4, -0.2) is 0 Å². The maximum Gasteiger partial charge on any atom is -0.0113 e. The van der Waals surface area contributed by atoms with E-state index in [4.69, 9.17) is 0 Å². The van der Waals surface area contributed by atoms with Crippen molar-refractivity contribution in [1.82, 2.24) is 0 Å². The van der Waals surface area contributed by atoms with Crippen molar-refractivity contribution in [2.24, 2.45) is 28.6 Å². The van der Waals surface area contributed by atoms with E-state index in [2.05, 4.69) is 61.5 Å². The largest absolute Gasteiger partial charge is 0.0791 e. The zero-order chi connectivity index (χ0) is 14.1. The first-order valence-corrected chi connectivity index (χ1v) is 7.81. The summed E-state index contributed by atoms with van der Waals surface area (Å²) in [5.41, 5.74) is 2.41. The van der Waals surface area contributed by atoms with E-state index in [-0.39, 0.29) is 0 Å². The third kappa shape index (κ3) is 2.83. The van der Waals surface area contributed by atoms with Gasteiger partial charge in [0.05, 0.1) is 0 Å². The molecule has 0 heterocycles. The zero-order valence-electron chi connectivity index (χ0n) is 13.9. The van der Waals surface area contributed by atoms with E-state index < -0.39 is 0 Å². The fourth-order valence-corrected chi connectivity index (χ4v) is 3.58. The summed E-state index contributed by atoms with van der Waals surface area (Å²) in [6, 6.07) is 0. The van der Waals surface area contributed by atoms with Gasteiger partial charge in [0.25, 0.3) is 0 Å². The van der Waals surface area contributed by atoms with Crippen LogP contribution in [0.4, 0.5) is 0 Å². The Morgan fingerprint density at radius 2 is 1.72 bits per heavy atom. The topological polar surface area (TPSA) is 0 Å². The van der Waals surface area contributed by atoms with E-state index in [1.165, 1.54) is 19.3 Å². The molecule has 18 heavy (non-hydrogen) atoms. The molecule has 1 aliphatic carbocycles. The molecule has 0 aromatic carbocycles. The molecule has 0 radical (unpaired) electrons. The van der Waals surface area contributed by atoms with Crippen molar-refractivity contribution in [2.75, 3.05) is 0 Å². The lowest BCUT2D eigenvalue weighted by atomic mass is 9.62. The predicted octanol–water partition coefficient (Wildman–Crippen LogP) is 6.08. The quantitative estimate of drug-likeness (QED) is 0.519. The van der Waals surface area contributed by atoms with Crippen molar-refractivity contribution in [3.8, 4) is 0 Å². The van der Waals surface area contributed by atoms with Crippen LogP contribution in [0.5, 0.6) is 0 Å². The second-order valence-electron chi connectivity index (χ2n) is 7.86. The molecule has 0 spiro atoms. The minimum absolute atomic E-state index is 0.359. The first kappa shape index (κ1) is 15.8. The van der Waals surface area contributed by atoms with Crippen molar-refractivity contribution < 1.29 is 0 Å². The minimum Gasteiger partial charge on any atom is -0.0791 e. The third-order valence-corrected chi connectivity index (χ3v) is 6.19. The van der Waals surface area contributed by atoms with Crippen LogP contribution in [0.1, 0.15) is 74.7 Å². The second kappa shape index (κ2) is 5.39. The number of allylic oxidation sites excluding steroid dienone is 2. The Labute approximate surface area is 115 Å². The van der Waals surface area contributed by atoms with Crippen LogP contribution in [0.25, 0.3) is 0 Å². The van der Waals surface area contributed by atoms with E-state index in [9.17, 15) is 0 Å². The summed E-state index contributed by atoms with van der Waals surface area (Å²) in [7, 11) is 0. The monoisotopic (exact) mass is 250 g/mol. The van der Waals surface area contributed by atoms with Gasteiger partial charge < -0.3 is 0 Å². The summed E-state index contributed by atoms with van der Waals surface area (Å²) >= 11 is 0. The van der Waals surface area contributed by atoms with E-state index in [1.54, 1.807) is 5.57 Å². The highest BCUT2D eigenvalue weighted by Gasteiger charge is 2.48. The van der Waals surface area contributed by atoms with Crippen LogP contribution in [0.2, 0.25) is 0 Å². The maximum atomic E-state index is 2.52. The Morgan fingerprint density at radius 1 is 1.17 bits per heavy atom. The van der Waals surface area contributed by atoms with Gasteiger partial charge in [-0.1, -0.05) is 73.0 Å². The fraction of sp³-hybridized carbons (Fsp3) is 0.889. The molecule has 3 unspecified atom stereocenters. The van der Waals surface area contributed by atoms with Crippen LogP contribution < -0.4 is 0 Å². The SMILES string of the molecule is CC1=CC(C)(C)C(C)(CCCC(C)C(C)C)C1C. The van der Waals surface area contributed by atoms with Crippen LogP contribution in [0, 0.1) is 28.6 Å². The standard InChI is InChI=1S/C18H34/c1-13(2)14(3)10-9-11-18(8)16(5)15(4)12-17(18,6)7/h12-14,16H,9-11H2,1-8H3. The van der Waals surface area contributed by atoms with Crippen LogP contribution >= 0.6 is 0 Å². The molecular weight excluding hydrogens is 216 g/mol. The Bertz CT molecular complexity index is 308. The van der Waals surface area contributed by atoms with Crippen LogP contribution in [-0.2, 0) is 0 Å². The summed E-state index contributed by atoms with van der Waals surface area (Å²) in [6.07, 6.45) is 6.65. The van der Waals surface area contributed by atoms with Crippen molar-refractivity contribution in [3.63, 3.8) is 0 Å². The lowest BCUT2D eigenvalue weighted by Gasteiger charge is -2.42. The average molecular weight is 250 g/mol. The second-order valence-corrected chi connectivity index (χ2v) is 7.86. The minimum atomic E-state index is 0.359. The van der Waals surface area contributed by atoms with E-state index in [0.717, 1.165) is 17.8 Å². The fourth-order valence-electron chi connectivity index (χ4n) is 3.58. The molecule has 0 bridgehead atoms. The Hall–Kier alpha value is -0.260. The Morgan fingerprint density at radius 3 is 2.11 bits per heavy atom. The Balaban J connectivity index is 2.61. The molecule has 106 valence electrons. The highest BCUT2D eigenvalue weighted by Crippen LogP contribution is 2.57. The highest BCUT2D eigenvalue weighted by molar-refractivity contribution is 5.23. The van der Waals surface area contributed by atoms with Crippen LogP contribution in [0.15, 0.2) is 11.6 Å². The van der Waals surface area contributed by atoms with Crippen LogP contribution in [0.3, 0.4) is 0 Å². The van der Waals surface area contributed by atoms with E-state index in [0.29, 0.717) is 10.8 Å². The molecule has 1 aliphatic rings. The predicted molar refractivity (Wildman–Crippen MR) is 82.7 cm³/mol. The maximum absolute atomic E-state index is 2.52. The van der Waals surface area contributed by atoms with Gasteiger partial charge in [0.15, 0.2) is 0 Å². The van der Waals surface area contributed by atoms with Gasteiger partial charge in [-0.3, -0.25) is 0 Å². The number of hydrogen-bond acceptors (Lipinski definition) is 0. The molecule has 0 heteroatoms. The van der Waals surface area contributed by atoms with Gasteiger partial charge in [0, 0.05) is 0 Å². The first-order chi connectivity index (χ1) is 8.12. The molecular formula is C18H34. The smallest absolute Gasteiger partial charge is 0.0113 e. The molecule has 0 saturated carbocycles. The summed E-state index contributed by atoms with van der Waals surface area (Å²) < 4.78 is 0. The lowest BCUT2D eigenvalue weighted by Crippen LogP contribution is -2.35. The molecule has 0 aliphatic heterocycles. The molecule has 0 aromatic rings. The summed E-state index contributed by atoms with van der Waals surface area (Å²) in [6.45, 7) is 19.2. The molecule has 0 fully saturated rings. The lowest BCUT2D eigenvalue weighted by molar-refractivity contribution is 0.0915. The van der Waals surface area contributed by atoms with Gasteiger partial charge in [-0.2, -0.15) is 0 Å². The third-order valence-electron chi connectivity index (χ3n) is 6.19. The summed E-state index contributed by atoms with van der Waals surface area (Å²) in [5.74, 6) is 2.43. The summed E-state index contributed by atoms with van der Waals surface area (Å²) in [5, 5.41) is 0. The molecule has 0 aromatic heterocycles. The Kier molecular flexibility index (Phi) is 4.73. The van der Waals surface area contributed by atoms with Gasteiger partial charge in [0.2, 0.25) is 0 Å². The molecule has 0 N–H and O–H groups in total. The normalized spacial score (nSPS) is 32.7. The van der Waals surface area contributed by atoms with Gasteiger partial charge in [0.1, 0.15) is 0 Å². The number of rotatable bonds is 5. The van der Waals surface area contributed by atoms with Gasteiger partial charge >= 0.3 is 0 Å². The van der Waals surface area contributed by atoms with Crippen molar-refractivity contribution in [2.45, 2.75) is 74.7 Å². The molecule has 0 amide bonds. The molecule has 1 rings (SSSR count). The number of hydrogen-bond donors (Lipinski definition) is 0. The summed E-state index contributed by atoms with van der Waals surface area (Å²) in [4.78, 5) is 0. The molecule has 0 nitrogen and oxygen atoms in total. The van der Waals surface area contributed by atoms with Crippen molar-refractivity contribution in [1.29, 1.82) is 0 Å². The van der Waals surface area contributed by atoms with Gasteiger partial charge in [-0.15, -0.1) is 0 Å². The molecule has 3 atom stereocenters. The zero-order valence-corrected chi connectivity index (χ0v) is 13.9. The van der Waals surface area contributed by atoms with Crippen molar-refractivity contribution in [3.05, 3.63) is 11.6 Å². The highest BCUT2D eigenvalue weighted by atomic mass is 14.5.